The van der Waals surface area contributed by atoms with Crippen molar-refractivity contribution in [2.75, 3.05) is 10.6 Å². The van der Waals surface area contributed by atoms with Crippen molar-refractivity contribution in [3.8, 4) is 0 Å². The molecule has 0 heterocycles. The highest BCUT2D eigenvalue weighted by Crippen LogP contribution is 2.19. The maximum Gasteiger partial charge on any atom is 0.303 e. The van der Waals surface area contributed by atoms with Crippen molar-refractivity contribution < 1.29 is 23.9 Å². The summed E-state index contributed by atoms with van der Waals surface area (Å²) in [6, 6.07) is 3.67. The van der Waals surface area contributed by atoms with Crippen LogP contribution in [0.25, 0.3) is 0 Å². The van der Waals surface area contributed by atoms with Crippen molar-refractivity contribution in [3.63, 3.8) is 0 Å². The molecule has 2 amide bonds. The highest BCUT2D eigenvalue weighted by molar-refractivity contribution is 5.94. The molecule has 0 saturated heterocycles. The number of nitrogens with one attached hydrogen (secondary N) is 2. The molecule has 1 aromatic carbocycles. The van der Waals surface area contributed by atoms with E-state index in [9.17, 15) is 18.8 Å². The molecule has 102 valence electrons. The van der Waals surface area contributed by atoms with Gasteiger partial charge in [-0.3, -0.25) is 14.4 Å². The predicted octanol–water partition coefficient (Wildman–Crippen LogP) is 1.59. The number of rotatable bonds is 5. The van der Waals surface area contributed by atoms with Crippen LogP contribution in [0.15, 0.2) is 18.2 Å². The summed E-state index contributed by atoms with van der Waals surface area (Å²) in [5, 5.41) is 13.1. The van der Waals surface area contributed by atoms with Crippen LogP contribution in [-0.2, 0) is 14.4 Å². The van der Waals surface area contributed by atoms with Gasteiger partial charge in [-0.05, 0) is 18.2 Å². The molecule has 6 nitrogen and oxygen atoms in total. The van der Waals surface area contributed by atoms with E-state index in [4.69, 9.17) is 5.11 Å². The van der Waals surface area contributed by atoms with Crippen LogP contribution in [0.2, 0.25) is 0 Å². The zero-order chi connectivity index (χ0) is 14.4. The molecule has 0 fully saturated rings. The van der Waals surface area contributed by atoms with Gasteiger partial charge in [0, 0.05) is 19.0 Å². The Morgan fingerprint density at radius 3 is 2.47 bits per heavy atom. The standard InChI is InChI=1S/C12H13FN2O4/c1-7(16)14-10-6-8(2-3-9(10)13)15-11(17)4-5-12(18)19/h2-3,6H,4-5H2,1H3,(H,14,16)(H,15,17)(H,18,19). The molecule has 0 bridgehead atoms. The number of carboxylic acids is 1. The first-order chi connectivity index (χ1) is 8.88. The van der Waals surface area contributed by atoms with E-state index in [1.807, 2.05) is 0 Å². The Labute approximate surface area is 108 Å². The average Bonchev–Trinajstić information content (AvgIpc) is 2.30. The summed E-state index contributed by atoms with van der Waals surface area (Å²) in [5.74, 6) is -2.64. The fourth-order valence-corrected chi connectivity index (χ4v) is 1.33. The number of hydrogen-bond acceptors (Lipinski definition) is 3. The van der Waals surface area contributed by atoms with Gasteiger partial charge in [-0.25, -0.2) is 4.39 Å². The second-order valence-electron chi connectivity index (χ2n) is 3.82. The van der Waals surface area contributed by atoms with Crippen LogP contribution in [0.4, 0.5) is 15.8 Å². The quantitative estimate of drug-likeness (QED) is 0.755. The monoisotopic (exact) mass is 268 g/mol. The number of carbonyl (C=O) groups is 3. The van der Waals surface area contributed by atoms with Crippen molar-refractivity contribution in [1.82, 2.24) is 0 Å². The third kappa shape index (κ3) is 5.15. The number of halogens is 1. The SMILES string of the molecule is CC(=O)Nc1cc(NC(=O)CCC(=O)O)ccc1F. The van der Waals surface area contributed by atoms with Crippen LogP contribution in [0.1, 0.15) is 19.8 Å². The van der Waals surface area contributed by atoms with Gasteiger partial charge in [0.15, 0.2) is 0 Å². The fourth-order valence-electron chi connectivity index (χ4n) is 1.33. The van der Waals surface area contributed by atoms with Crippen molar-refractivity contribution in [2.24, 2.45) is 0 Å². The Morgan fingerprint density at radius 2 is 1.89 bits per heavy atom. The minimum Gasteiger partial charge on any atom is -0.481 e. The normalized spacial score (nSPS) is 9.79. The maximum atomic E-state index is 13.3. The molecule has 0 atom stereocenters. The van der Waals surface area contributed by atoms with Crippen LogP contribution in [0.3, 0.4) is 0 Å². The minimum absolute atomic E-state index is 0.0523. The van der Waals surface area contributed by atoms with E-state index in [0.717, 1.165) is 6.07 Å². The van der Waals surface area contributed by atoms with Gasteiger partial charge >= 0.3 is 5.97 Å². The Morgan fingerprint density at radius 1 is 1.21 bits per heavy atom. The zero-order valence-electron chi connectivity index (χ0n) is 10.2. The molecule has 0 aliphatic heterocycles. The number of carboxylic acid groups (broad SMARTS) is 1. The summed E-state index contributed by atoms with van der Waals surface area (Å²) < 4.78 is 13.3. The first-order valence-corrected chi connectivity index (χ1v) is 5.47. The molecule has 3 N–H and O–H groups in total. The summed E-state index contributed by atoms with van der Waals surface area (Å²) in [6.45, 7) is 1.23. The lowest BCUT2D eigenvalue weighted by molar-refractivity contribution is -0.138. The summed E-state index contributed by atoms with van der Waals surface area (Å²) in [6.07, 6.45) is -0.465. The number of carbonyl (C=O) groups excluding carboxylic acids is 2. The minimum atomic E-state index is -1.08. The molecule has 0 aromatic heterocycles. The highest BCUT2D eigenvalue weighted by atomic mass is 19.1. The van der Waals surface area contributed by atoms with Gasteiger partial charge in [-0.15, -0.1) is 0 Å². The van der Waals surface area contributed by atoms with Crippen LogP contribution in [-0.4, -0.2) is 22.9 Å². The van der Waals surface area contributed by atoms with E-state index in [1.54, 1.807) is 0 Å². The smallest absolute Gasteiger partial charge is 0.303 e. The van der Waals surface area contributed by atoms with E-state index in [2.05, 4.69) is 10.6 Å². The molecule has 0 aliphatic rings. The van der Waals surface area contributed by atoms with Crippen LogP contribution < -0.4 is 10.6 Å². The third-order valence-corrected chi connectivity index (χ3v) is 2.13. The van der Waals surface area contributed by atoms with Crippen molar-refractivity contribution in [2.45, 2.75) is 19.8 Å². The first kappa shape index (κ1) is 14.6. The topological polar surface area (TPSA) is 95.5 Å². The van der Waals surface area contributed by atoms with Gasteiger partial charge in [0.25, 0.3) is 0 Å². The summed E-state index contributed by atoms with van der Waals surface area (Å²) >= 11 is 0. The lowest BCUT2D eigenvalue weighted by Crippen LogP contribution is -2.14. The average molecular weight is 268 g/mol. The molecule has 0 aliphatic carbocycles. The van der Waals surface area contributed by atoms with E-state index in [0.29, 0.717) is 0 Å². The number of aliphatic carboxylic acids is 1. The van der Waals surface area contributed by atoms with Gasteiger partial charge in [-0.1, -0.05) is 0 Å². The maximum absolute atomic E-state index is 13.3. The summed E-state index contributed by atoms with van der Waals surface area (Å²) in [7, 11) is 0. The molecule has 1 rings (SSSR count). The van der Waals surface area contributed by atoms with Gasteiger partial charge in [0.05, 0.1) is 12.1 Å². The fraction of sp³-hybridized carbons (Fsp3) is 0.250. The first-order valence-electron chi connectivity index (χ1n) is 5.47. The van der Waals surface area contributed by atoms with Crippen molar-refractivity contribution in [3.05, 3.63) is 24.0 Å². The molecule has 0 radical (unpaired) electrons. The number of hydrogen-bond donors (Lipinski definition) is 3. The Balaban J connectivity index is 2.71. The molecule has 19 heavy (non-hydrogen) atoms. The van der Waals surface area contributed by atoms with E-state index in [1.165, 1.54) is 19.1 Å². The molecule has 0 saturated carbocycles. The van der Waals surface area contributed by atoms with Crippen LogP contribution in [0.5, 0.6) is 0 Å². The number of amides is 2. The van der Waals surface area contributed by atoms with Crippen LogP contribution >= 0.6 is 0 Å². The Bertz CT molecular complexity index is 516. The van der Waals surface area contributed by atoms with Gasteiger partial charge in [0.2, 0.25) is 11.8 Å². The second kappa shape index (κ2) is 6.48. The second-order valence-corrected chi connectivity index (χ2v) is 3.82. The Kier molecular flexibility index (Phi) is 4.99. The lowest BCUT2D eigenvalue weighted by atomic mass is 10.2. The molecule has 0 unspecified atom stereocenters. The highest BCUT2D eigenvalue weighted by Gasteiger charge is 2.09. The molecule has 1 aromatic rings. The van der Waals surface area contributed by atoms with Gasteiger partial charge in [-0.2, -0.15) is 0 Å². The molecular weight excluding hydrogens is 255 g/mol. The van der Waals surface area contributed by atoms with Gasteiger partial charge < -0.3 is 15.7 Å². The number of anilines is 2. The van der Waals surface area contributed by atoms with E-state index in [-0.39, 0.29) is 24.2 Å². The van der Waals surface area contributed by atoms with Gasteiger partial charge in [0.1, 0.15) is 5.82 Å². The lowest BCUT2D eigenvalue weighted by Gasteiger charge is -2.08. The van der Waals surface area contributed by atoms with Crippen molar-refractivity contribution >= 4 is 29.2 Å². The molecule has 7 heteroatoms. The van der Waals surface area contributed by atoms with E-state index >= 15 is 0 Å². The van der Waals surface area contributed by atoms with E-state index < -0.39 is 23.6 Å². The van der Waals surface area contributed by atoms with Crippen molar-refractivity contribution in [1.29, 1.82) is 0 Å². The Hall–Kier alpha value is -2.44. The molecular formula is C12H13FN2O4. The third-order valence-electron chi connectivity index (χ3n) is 2.13. The zero-order valence-corrected chi connectivity index (χ0v) is 10.2. The summed E-state index contributed by atoms with van der Waals surface area (Å²) in [4.78, 5) is 32.5. The molecule has 0 spiro atoms. The summed E-state index contributed by atoms with van der Waals surface area (Å²) in [5.41, 5.74) is 0.226. The predicted molar refractivity (Wildman–Crippen MR) is 66.2 cm³/mol. The van der Waals surface area contributed by atoms with Crippen LogP contribution in [0, 0.1) is 5.82 Å². The number of benzene rings is 1. The largest absolute Gasteiger partial charge is 0.481 e.